The lowest BCUT2D eigenvalue weighted by atomic mass is 9.94. The molecule has 1 fully saturated rings. The standard InChI is InChI=1S/C14H17F3N6O/c15-14(16,17)12-6-11(20-21-12)10-2-1-4-22(7-10)13(24)3-5-23-9-18-8-19-23/h6,8-10H,1-5,7H2,(H,20,21)/t10-/m0/s1. The minimum absolute atomic E-state index is 0.0363. The number of aryl methyl sites for hydroxylation is 1. The number of amides is 1. The van der Waals surface area contributed by atoms with E-state index in [-0.39, 0.29) is 18.2 Å². The van der Waals surface area contributed by atoms with Crippen LogP contribution in [-0.2, 0) is 17.5 Å². The summed E-state index contributed by atoms with van der Waals surface area (Å²) in [6.45, 7) is 1.45. The molecule has 2 aromatic heterocycles. The normalized spacial score (nSPS) is 18.8. The van der Waals surface area contributed by atoms with Gasteiger partial charge in [0.2, 0.25) is 5.91 Å². The summed E-state index contributed by atoms with van der Waals surface area (Å²) in [6, 6.07) is 1.04. The molecule has 1 aliphatic rings. The molecule has 2 aromatic rings. The van der Waals surface area contributed by atoms with Gasteiger partial charge in [0.1, 0.15) is 12.7 Å². The lowest BCUT2D eigenvalue weighted by molar-refractivity contribution is -0.141. The highest BCUT2D eigenvalue weighted by Crippen LogP contribution is 2.32. The SMILES string of the molecule is O=C(CCn1cncn1)N1CCC[C@H](c2cc(C(F)(F)F)n[nH]2)C1. The van der Waals surface area contributed by atoms with Crippen LogP contribution in [0.15, 0.2) is 18.7 Å². The third-order valence-electron chi connectivity index (χ3n) is 4.12. The summed E-state index contributed by atoms with van der Waals surface area (Å²) in [4.78, 5) is 17.8. The monoisotopic (exact) mass is 342 g/mol. The molecule has 0 spiro atoms. The Labute approximate surface area is 135 Å². The quantitative estimate of drug-likeness (QED) is 0.919. The van der Waals surface area contributed by atoms with Crippen molar-refractivity contribution in [1.29, 1.82) is 0 Å². The van der Waals surface area contributed by atoms with Gasteiger partial charge in [0.05, 0.1) is 6.54 Å². The van der Waals surface area contributed by atoms with E-state index in [2.05, 4.69) is 20.3 Å². The molecule has 0 radical (unpaired) electrons. The first-order valence-corrected chi connectivity index (χ1v) is 7.66. The number of piperidine rings is 1. The Hall–Kier alpha value is -2.39. The Morgan fingerprint density at radius 1 is 1.42 bits per heavy atom. The highest BCUT2D eigenvalue weighted by atomic mass is 19.4. The number of nitrogens with zero attached hydrogens (tertiary/aromatic N) is 5. The van der Waals surface area contributed by atoms with E-state index in [0.717, 1.165) is 18.9 Å². The van der Waals surface area contributed by atoms with Gasteiger partial charge in [-0.15, -0.1) is 0 Å². The first kappa shape index (κ1) is 16.5. The highest BCUT2D eigenvalue weighted by Gasteiger charge is 2.35. The van der Waals surface area contributed by atoms with Crippen LogP contribution in [0.4, 0.5) is 13.2 Å². The van der Waals surface area contributed by atoms with Gasteiger partial charge in [-0.3, -0.25) is 14.6 Å². The van der Waals surface area contributed by atoms with Gasteiger partial charge in [0, 0.05) is 31.1 Å². The number of likely N-dealkylation sites (tertiary alicyclic amines) is 1. The maximum absolute atomic E-state index is 12.6. The summed E-state index contributed by atoms with van der Waals surface area (Å²) in [5.74, 6) is -0.191. The molecule has 1 atom stereocenters. The number of H-pyrrole nitrogens is 1. The molecular weight excluding hydrogens is 325 g/mol. The van der Waals surface area contributed by atoms with Crippen molar-refractivity contribution >= 4 is 5.91 Å². The van der Waals surface area contributed by atoms with Crippen molar-refractivity contribution in [3.63, 3.8) is 0 Å². The van der Waals surface area contributed by atoms with Gasteiger partial charge in [0.25, 0.3) is 0 Å². The Kier molecular flexibility index (Phi) is 4.54. The number of alkyl halides is 3. The highest BCUT2D eigenvalue weighted by molar-refractivity contribution is 5.76. The minimum Gasteiger partial charge on any atom is -0.342 e. The maximum atomic E-state index is 12.6. The number of carbonyl (C=O) groups is 1. The molecule has 3 heterocycles. The number of aromatic amines is 1. The molecule has 3 rings (SSSR count). The molecule has 0 saturated carbocycles. The lowest BCUT2D eigenvalue weighted by Gasteiger charge is -2.32. The van der Waals surface area contributed by atoms with Gasteiger partial charge >= 0.3 is 6.18 Å². The molecule has 0 aliphatic carbocycles. The molecule has 7 nitrogen and oxygen atoms in total. The van der Waals surface area contributed by atoms with Crippen LogP contribution in [0.2, 0.25) is 0 Å². The molecule has 1 aliphatic heterocycles. The van der Waals surface area contributed by atoms with E-state index in [1.807, 2.05) is 0 Å². The number of halogens is 3. The van der Waals surface area contributed by atoms with Crippen molar-refractivity contribution in [3.05, 3.63) is 30.1 Å². The molecule has 1 N–H and O–H groups in total. The van der Waals surface area contributed by atoms with Gasteiger partial charge in [-0.25, -0.2) is 4.98 Å². The second-order valence-electron chi connectivity index (χ2n) is 5.79. The fraction of sp³-hybridized carbons (Fsp3) is 0.571. The summed E-state index contributed by atoms with van der Waals surface area (Å²) in [6.07, 6.45) is 0.240. The number of nitrogens with one attached hydrogen (secondary N) is 1. The third-order valence-corrected chi connectivity index (χ3v) is 4.12. The Morgan fingerprint density at radius 3 is 2.92 bits per heavy atom. The van der Waals surface area contributed by atoms with Gasteiger partial charge in [-0.1, -0.05) is 0 Å². The van der Waals surface area contributed by atoms with E-state index in [1.165, 1.54) is 12.7 Å². The molecule has 0 aromatic carbocycles. The van der Waals surface area contributed by atoms with Crippen LogP contribution in [0.3, 0.4) is 0 Å². The molecule has 1 amide bonds. The minimum atomic E-state index is -4.46. The summed E-state index contributed by atoms with van der Waals surface area (Å²) < 4.78 is 39.5. The van der Waals surface area contributed by atoms with E-state index in [9.17, 15) is 18.0 Å². The van der Waals surface area contributed by atoms with Crippen molar-refractivity contribution in [3.8, 4) is 0 Å². The number of hydrogen-bond acceptors (Lipinski definition) is 4. The van der Waals surface area contributed by atoms with Crippen LogP contribution in [-0.4, -0.2) is 48.9 Å². The van der Waals surface area contributed by atoms with Crippen LogP contribution in [0.1, 0.15) is 36.6 Å². The first-order valence-electron chi connectivity index (χ1n) is 7.66. The van der Waals surface area contributed by atoms with Gasteiger partial charge in [-0.2, -0.15) is 23.4 Å². The van der Waals surface area contributed by atoms with Crippen LogP contribution in [0.25, 0.3) is 0 Å². The summed E-state index contributed by atoms with van der Waals surface area (Å²) in [7, 11) is 0. The predicted molar refractivity (Wildman–Crippen MR) is 76.8 cm³/mol. The number of carbonyl (C=O) groups excluding carboxylic acids is 1. The van der Waals surface area contributed by atoms with E-state index >= 15 is 0 Å². The molecule has 10 heteroatoms. The molecule has 24 heavy (non-hydrogen) atoms. The van der Waals surface area contributed by atoms with Crippen molar-refractivity contribution in [2.75, 3.05) is 13.1 Å². The van der Waals surface area contributed by atoms with E-state index < -0.39 is 11.9 Å². The van der Waals surface area contributed by atoms with Gasteiger partial charge in [0.15, 0.2) is 5.69 Å². The number of aromatic nitrogens is 5. The first-order chi connectivity index (χ1) is 11.4. The number of hydrogen-bond donors (Lipinski definition) is 1. The third kappa shape index (κ3) is 3.74. The Bertz CT molecular complexity index is 681. The average molecular weight is 342 g/mol. The molecular formula is C14H17F3N6O. The summed E-state index contributed by atoms with van der Waals surface area (Å²) in [5, 5.41) is 9.73. The molecule has 0 unspecified atom stereocenters. The van der Waals surface area contributed by atoms with Crippen LogP contribution in [0.5, 0.6) is 0 Å². The van der Waals surface area contributed by atoms with Crippen molar-refractivity contribution in [2.45, 2.75) is 37.9 Å². The van der Waals surface area contributed by atoms with Crippen molar-refractivity contribution in [2.24, 2.45) is 0 Å². The fourth-order valence-corrected chi connectivity index (χ4v) is 2.86. The average Bonchev–Trinajstić information content (AvgIpc) is 3.23. The van der Waals surface area contributed by atoms with Gasteiger partial charge in [-0.05, 0) is 18.9 Å². The zero-order chi connectivity index (χ0) is 17.2. The smallest absolute Gasteiger partial charge is 0.342 e. The zero-order valence-corrected chi connectivity index (χ0v) is 12.8. The van der Waals surface area contributed by atoms with Crippen molar-refractivity contribution in [1.82, 2.24) is 29.9 Å². The fourth-order valence-electron chi connectivity index (χ4n) is 2.86. The van der Waals surface area contributed by atoms with Gasteiger partial charge < -0.3 is 4.90 Å². The zero-order valence-electron chi connectivity index (χ0n) is 12.8. The van der Waals surface area contributed by atoms with Crippen LogP contribution in [0, 0.1) is 0 Å². The number of rotatable bonds is 4. The predicted octanol–water partition coefficient (Wildman–Crippen LogP) is 1.82. The lowest BCUT2D eigenvalue weighted by Crippen LogP contribution is -2.39. The second-order valence-corrected chi connectivity index (χ2v) is 5.79. The molecule has 130 valence electrons. The second kappa shape index (κ2) is 6.62. The summed E-state index contributed by atoms with van der Waals surface area (Å²) in [5.41, 5.74) is -0.497. The maximum Gasteiger partial charge on any atom is 0.435 e. The van der Waals surface area contributed by atoms with E-state index in [4.69, 9.17) is 0 Å². The van der Waals surface area contributed by atoms with E-state index in [1.54, 1.807) is 9.58 Å². The Balaban J connectivity index is 1.59. The Morgan fingerprint density at radius 2 is 2.25 bits per heavy atom. The largest absolute Gasteiger partial charge is 0.435 e. The molecule has 0 bridgehead atoms. The van der Waals surface area contributed by atoms with Crippen LogP contribution >= 0.6 is 0 Å². The van der Waals surface area contributed by atoms with Crippen LogP contribution < -0.4 is 0 Å². The molecule has 1 saturated heterocycles. The summed E-state index contributed by atoms with van der Waals surface area (Å²) >= 11 is 0. The topological polar surface area (TPSA) is 79.7 Å². The van der Waals surface area contributed by atoms with E-state index in [0.29, 0.717) is 25.3 Å². The van der Waals surface area contributed by atoms with Crippen molar-refractivity contribution < 1.29 is 18.0 Å².